The molecule has 1 aromatic heterocycles. The Labute approximate surface area is 165 Å². The molecule has 0 aliphatic rings. The van der Waals surface area contributed by atoms with Gasteiger partial charge in [-0.05, 0) is 55.3 Å². The fourth-order valence-electron chi connectivity index (χ4n) is 2.26. The second kappa shape index (κ2) is 9.16. The highest BCUT2D eigenvalue weighted by Crippen LogP contribution is 2.29. The van der Waals surface area contributed by atoms with E-state index in [1.807, 2.05) is 12.1 Å². The topological polar surface area (TPSA) is 67.3 Å². The molecule has 0 spiro atoms. The first kappa shape index (κ1) is 19.6. The number of aliphatic hydroxyl groups is 1. The Balaban J connectivity index is 1.47. The summed E-state index contributed by atoms with van der Waals surface area (Å²) in [6.07, 6.45) is -0.667. The number of anilines is 2. The number of aryl methyl sites for hydroxylation is 1. The molecule has 0 aliphatic heterocycles. The van der Waals surface area contributed by atoms with Gasteiger partial charge in [0.15, 0.2) is 4.34 Å². The minimum atomic E-state index is -0.667. The summed E-state index contributed by atoms with van der Waals surface area (Å²) >= 11 is 2.86. The number of ether oxygens (including phenoxy) is 1. The number of nitrogens with one attached hydrogen (secondary N) is 1. The number of aromatic nitrogens is 2. The summed E-state index contributed by atoms with van der Waals surface area (Å²) < 4.78 is 19.1. The van der Waals surface area contributed by atoms with Crippen LogP contribution in [0.15, 0.2) is 46.8 Å². The molecule has 0 bridgehead atoms. The van der Waals surface area contributed by atoms with Crippen LogP contribution in [0, 0.1) is 19.7 Å². The molecule has 27 heavy (non-hydrogen) atoms. The first-order valence-corrected chi connectivity index (χ1v) is 10.2. The highest BCUT2D eigenvalue weighted by Gasteiger charge is 2.11. The molecule has 0 aliphatic carbocycles. The molecule has 0 radical (unpaired) electrons. The Morgan fingerprint density at radius 1 is 1.19 bits per heavy atom. The highest BCUT2D eigenvalue weighted by molar-refractivity contribution is 8.01. The third-order valence-electron chi connectivity index (χ3n) is 3.91. The van der Waals surface area contributed by atoms with Crippen LogP contribution in [0.2, 0.25) is 0 Å². The maximum absolute atomic E-state index is 12.9. The van der Waals surface area contributed by atoms with E-state index in [0.29, 0.717) is 16.6 Å². The van der Waals surface area contributed by atoms with Crippen LogP contribution < -0.4 is 10.1 Å². The summed E-state index contributed by atoms with van der Waals surface area (Å²) in [4.78, 5) is 0. The van der Waals surface area contributed by atoms with Crippen LogP contribution in [0.1, 0.15) is 11.1 Å². The Kier molecular flexibility index (Phi) is 6.65. The average molecular weight is 406 g/mol. The van der Waals surface area contributed by atoms with E-state index in [9.17, 15) is 9.50 Å². The van der Waals surface area contributed by atoms with Gasteiger partial charge in [-0.3, -0.25) is 0 Å². The number of rotatable bonds is 8. The van der Waals surface area contributed by atoms with Gasteiger partial charge in [0.05, 0.1) is 6.10 Å². The van der Waals surface area contributed by atoms with Crippen molar-refractivity contribution < 1.29 is 14.2 Å². The lowest BCUT2D eigenvalue weighted by atomic mass is 10.1. The normalized spacial score (nSPS) is 12.0. The Morgan fingerprint density at radius 2 is 1.96 bits per heavy atom. The highest BCUT2D eigenvalue weighted by atomic mass is 32.2. The second-order valence-corrected chi connectivity index (χ2v) is 8.22. The van der Waals surface area contributed by atoms with E-state index in [0.717, 1.165) is 10.0 Å². The fourth-order valence-corrected chi connectivity index (χ4v) is 3.96. The number of hydrogen-bond donors (Lipinski definition) is 2. The standard InChI is InChI=1S/C19H20FN3O2S2/c1-12-4-3-5-17(13(12)2)21-18-22-23-19(27-18)26-11-15(24)10-25-16-8-6-14(20)7-9-16/h3-9,15,24H,10-11H2,1-2H3,(H,21,22). The minimum absolute atomic E-state index is 0.130. The van der Waals surface area contributed by atoms with E-state index in [1.165, 1.54) is 58.5 Å². The summed E-state index contributed by atoms with van der Waals surface area (Å²) in [5, 5.41) is 22.3. The summed E-state index contributed by atoms with van der Waals surface area (Å²) in [6, 6.07) is 11.8. The fraction of sp³-hybridized carbons (Fsp3) is 0.263. The van der Waals surface area contributed by atoms with Crippen molar-refractivity contribution in [1.29, 1.82) is 0 Å². The quantitative estimate of drug-likeness (QED) is 0.535. The molecule has 1 unspecified atom stereocenters. The van der Waals surface area contributed by atoms with Crippen LogP contribution >= 0.6 is 23.1 Å². The molecule has 2 N–H and O–H groups in total. The van der Waals surface area contributed by atoms with Gasteiger partial charge in [-0.25, -0.2) is 4.39 Å². The van der Waals surface area contributed by atoms with Gasteiger partial charge in [0.2, 0.25) is 5.13 Å². The van der Waals surface area contributed by atoms with Crippen LogP contribution in [0.25, 0.3) is 0 Å². The predicted octanol–water partition coefficient (Wildman–Crippen LogP) is 4.57. The van der Waals surface area contributed by atoms with Gasteiger partial charge < -0.3 is 15.2 Å². The molecule has 142 valence electrons. The molecule has 0 amide bonds. The molecule has 2 aromatic carbocycles. The van der Waals surface area contributed by atoms with Gasteiger partial charge >= 0.3 is 0 Å². The van der Waals surface area contributed by atoms with Gasteiger partial charge in [0, 0.05) is 11.4 Å². The Morgan fingerprint density at radius 3 is 2.74 bits per heavy atom. The van der Waals surface area contributed by atoms with Crippen LogP contribution in [0.5, 0.6) is 5.75 Å². The van der Waals surface area contributed by atoms with Crippen LogP contribution in [-0.4, -0.2) is 33.8 Å². The average Bonchev–Trinajstić information content (AvgIpc) is 3.11. The Bertz CT molecular complexity index is 887. The summed E-state index contributed by atoms with van der Waals surface area (Å²) in [5.41, 5.74) is 3.40. The first-order chi connectivity index (χ1) is 13.0. The first-order valence-electron chi connectivity index (χ1n) is 8.37. The van der Waals surface area contributed by atoms with Gasteiger partial charge in [0.1, 0.15) is 18.2 Å². The zero-order valence-corrected chi connectivity index (χ0v) is 16.6. The number of thioether (sulfide) groups is 1. The van der Waals surface area contributed by atoms with Crippen LogP contribution in [-0.2, 0) is 0 Å². The molecule has 0 saturated heterocycles. The van der Waals surface area contributed by atoms with Gasteiger partial charge in [0.25, 0.3) is 0 Å². The molecule has 3 rings (SSSR count). The van der Waals surface area contributed by atoms with Gasteiger partial charge in [-0.1, -0.05) is 35.2 Å². The molecular formula is C19H20FN3O2S2. The lowest BCUT2D eigenvalue weighted by Gasteiger charge is -2.11. The molecule has 0 saturated carbocycles. The maximum Gasteiger partial charge on any atom is 0.210 e. The van der Waals surface area contributed by atoms with E-state index < -0.39 is 6.10 Å². The van der Waals surface area contributed by atoms with Crippen molar-refractivity contribution in [3.05, 3.63) is 59.4 Å². The zero-order valence-electron chi connectivity index (χ0n) is 15.0. The molecule has 8 heteroatoms. The number of aliphatic hydroxyl groups excluding tert-OH is 1. The third kappa shape index (κ3) is 5.66. The minimum Gasteiger partial charge on any atom is -0.491 e. The lowest BCUT2D eigenvalue weighted by molar-refractivity contribution is 0.126. The predicted molar refractivity (Wildman–Crippen MR) is 108 cm³/mol. The Hall–Kier alpha value is -2.16. The van der Waals surface area contributed by atoms with Crippen LogP contribution in [0.4, 0.5) is 15.2 Å². The molecule has 1 atom stereocenters. The van der Waals surface area contributed by atoms with Crippen molar-refractivity contribution in [3.63, 3.8) is 0 Å². The number of benzene rings is 2. The molecule has 5 nitrogen and oxygen atoms in total. The number of hydrogen-bond acceptors (Lipinski definition) is 7. The van der Waals surface area contributed by atoms with Gasteiger partial charge in [-0.2, -0.15) is 0 Å². The summed E-state index contributed by atoms with van der Waals surface area (Å²) in [6.45, 7) is 4.26. The molecule has 0 fully saturated rings. The molecular weight excluding hydrogens is 385 g/mol. The largest absolute Gasteiger partial charge is 0.491 e. The monoisotopic (exact) mass is 405 g/mol. The van der Waals surface area contributed by atoms with Crippen molar-refractivity contribution in [1.82, 2.24) is 10.2 Å². The van der Waals surface area contributed by atoms with Gasteiger partial charge in [-0.15, -0.1) is 10.2 Å². The van der Waals surface area contributed by atoms with E-state index in [4.69, 9.17) is 4.74 Å². The van der Waals surface area contributed by atoms with E-state index in [2.05, 4.69) is 35.4 Å². The van der Waals surface area contributed by atoms with Crippen molar-refractivity contribution in [2.24, 2.45) is 0 Å². The van der Waals surface area contributed by atoms with E-state index in [-0.39, 0.29) is 12.4 Å². The molecule has 1 heterocycles. The SMILES string of the molecule is Cc1cccc(Nc2nnc(SCC(O)COc3ccc(F)cc3)s2)c1C. The lowest BCUT2D eigenvalue weighted by Crippen LogP contribution is -2.20. The molecule has 3 aromatic rings. The van der Waals surface area contributed by atoms with Crippen molar-refractivity contribution in [3.8, 4) is 5.75 Å². The number of nitrogens with zero attached hydrogens (tertiary/aromatic N) is 2. The van der Waals surface area contributed by atoms with E-state index >= 15 is 0 Å². The maximum atomic E-state index is 12.9. The summed E-state index contributed by atoms with van der Waals surface area (Å²) in [7, 11) is 0. The number of halogens is 1. The third-order valence-corrected chi connectivity index (χ3v) is 6.02. The smallest absolute Gasteiger partial charge is 0.210 e. The van der Waals surface area contributed by atoms with E-state index in [1.54, 1.807) is 0 Å². The van der Waals surface area contributed by atoms with Crippen LogP contribution in [0.3, 0.4) is 0 Å². The zero-order chi connectivity index (χ0) is 19.2. The van der Waals surface area contributed by atoms with Crippen molar-refractivity contribution in [2.75, 3.05) is 17.7 Å². The van der Waals surface area contributed by atoms with Crippen molar-refractivity contribution >= 4 is 33.9 Å². The second-order valence-electron chi connectivity index (χ2n) is 5.98. The summed E-state index contributed by atoms with van der Waals surface area (Å²) in [5.74, 6) is 0.635. The van der Waals surface area contributed by atoms with Crippen molar-refractivity contribution in [2.45, 2.75) is 24.3 Å².